The Morgan fingerprint density at radius 1 is 1.40 bits per heavy atom. The summed E-state index contributed by atoms with van der Waals surface area (Å²) in [6, 6.07) is 8.87. The van der Waals surface area contributed by atoms with E-state index in [9.17, 15) is 4.79 Å². The molecule has 0 aliphatic carbocycles. The zero-order chi connectivity index (χ0) is 6.69. The van der Waals surface area contributed by atoms with E-state index in [0.29, 0.717) is 5.56 Å². The molecule has 1 aromatic carbocycles. The van der Waals surface area contributed by atoms with Crippen LogP contribution in [0.2, 0.25) is 0 Å². The molecule has 0 spiro atoms. The number of carboxylic acid groups (broad SMARTS) is 1. The largest absolute Gasteiger partial charge is 0.478 e. The van der Waals surface area contributed by atoms with Gasteiger partial charge in [0.1, 0.15) is 0 Å². The van der Waals surface area contributed by atoms with Crippen LogP contribution in [0.25, 0.3) is 0 Å². The minimum absolute atomic E-state index is 0. The summed E-state index contributed by atoms with van der Waals surface area (Å²) in [5.41, 5.74) is 0.300. The van der Waals surface area contributed by atoms with E-state index in [4.69, 9.17) is 5.11 Å². The van der Waals surface area contributed by atoms with E-state index in [1.165, 1.54) is 12.1 Å². The maximum Gasteiger partial charge on any atom is 0.335 e. The fourth-order valence-corrected chi connectivity index (χ4v) is 0.529. The second-order valence-corrected chi connectivity index (χ2v) is 1.59. The first-order chi connectivity index (χ1) is 4.30. The zero-order valence-electron chi connectivity index (χ0n) is 5.00. The normalized spacial score (nSPS) is 8.00. The van der Waals surface area contributed by atoms with Crippen LogP contribution < -0.4 is 0 Å². The molecule has 0 aliphatic heterocycles. The van der Waals surface area contributed by atoms with Crippen LogP contribution in [0.1, 0.15) is 10.4 Å². The molecule has 3 heteroatoms. The first-order valence-corrected chi connectivity index (χ1v) is 2.50. The van der Waals surface area contributed by atoms with Crippen molar-refractivity contribution < 1.29 is 26.7 Å². The Labute approximate surface area is 69.1 Å². The van der Waals surface area contributed by atoms with Gasteiger partial charge in [0.15, 0.2) is 0 Å². The number of aromatic carboxylic acids is 1. The Hall–Kier alpha value is -0.804. The van der Waals surface area contributed by atoms with Crippen LogP contribution in [0.5, 0.6) is 0 Å². The summed E-state index contributed by atoms with van der Waals surface area (Å²) in [7, 11) is 0. The fraction of sp³-hybridized carbons (Fsp3) is 0. The summed E-state index contributed by atoms with van der Waals surface area (Å²) in [5.74, 6) is -0.899. The summed E-state index contributed by atoms with van der Waals surface area (Å²) in [4.78, 5) is 10.2. The molecule has 54 valence electrons. The average molecular weight is 180 g/mol. The number of hydrogen-bond donors (Lipinski definition) is 1. The SMILES string of the molecule is O=C(O)c1cc[c]cc1.[Co]. The predicted molar refractivity (Wildman–Crippen MR) is 32.2 cm³/mol. The third-order valence-electron chi connectivity index (χ3n) is 0.965. The molecule has 0 bridgehead atoms. The van der Waals surface area contributed by atoms with Gasteiger partial charge in [-0.05, 0) is 18.2 Å². The smallest absolute Gasteiger partial charge is 0.335 e. The van der Waals surface area contributed by atoms with Gasteiger partial charge in [0, 0.05) is 16.8 Å². The van der Waals surface area contributed by atoms with Crippen molar-refractivity contribution in [3.63, 3.8) is 0 Å². The van der Waals surface area contributed by atoms with Gasteiger partial charge in [-0.1, -0.05) is 12.1 Å². The molecule has 0 aliphatic rings. The van der Waals surface area contributed by atoms with Crippen LogP contribution in [-0.2, 0) is 16.8 Å². The topological polar surface area (TPSA) is 37.3 Å². The van der Waals surface area contributed by atoms with Crippen LogP contribution in [0, 0.1) is 6.07 Å². The van der Waals surface area contributed by atoms with Gasteiger partial charge >= 0.3 is 5.97 Å². The standard InChI is InChI=1S/C7H5O2.Co/c8-7(9)6-4-2-1-3-5-6;/h2-5H,(H,8,9);. The van der Waals surface area contributed by atoms with Crippen LogP contribution in [0.15, 0.2) is 24.3 Å². The molecule has 1 N–H and O–H groups in total. The second kappa shape index (κ2) is 4.08. The summed E-state index contributed by atoms with van der Waals surface area (Å²) in [6.45, 7) is 0. The monoisotopic (exact) mass is 180 g/mol. The molecule has 0 fully saturated rings. The second-order valence-electron chi connectivity index (χ2n) is 1.59. The fourth-order valence-electron chi connectivity index (χ4n) is 0.529. The summed E-state index contributed by atoms with van der Waals surface area (Å²) < 4.78 is 0. The van der Waals surface area contributed by atoms with Crippen LogP contribution in [0.4, 0.5) is 0 Å². The van der Waals surface area contributed by atoms with Crippen LogP contribution in [-0.4, -0.2) is 11.1 Å². The number of carboxylic acids is 1. The minimum atomic E-state index is -0.899. The molecule has 1 rings (SSSR count). The maximum atomic E-state index is 10.2. The van der Waals surface area contributed by atoms with Crippen LogP contribution in [0.3, 0.4) is 0 Å². The van der Waals surface area contributed by atoms with E-state index >= 15 is 0 Å². The van der Waals surface area contributed by atoms with Gasteiger partial charge in [-0.3, -0.25) is 0 Å². The Kier molecular flexibility index (Phi) is 3.75. The molecule has 0 heterocycles. The third-order valence-corrected chi connectivity index (χ3v) is 0.965. The Bertz CT molecular complexity index is 208. The molecule has 0 unspecified atom stereocenters. The Morgan fingerprint density at radius 3 is 2.20 bits per heavy atom. The van der Waals surface area contributed by atoms with Gasteiger partial charge in [-0.2, -0.15) is 0 Å². The molecule has 2 radical (unpaired) electrons. The number of benzene rings is 1. The van der Waals surface area contributed by atoms with E-state index in [-0.39, 0.29) is 16.8 Å². The van der Waals surface area contributed by atoms with E-state index in [0.717, 1.165) is 0 Å². The van der Waals surface area contributed by atoms with Crippen molar-refractivity contribution in [2.75, 3.05) is 0 Å². The van der Waals surface area contributed by atoms with Gasteiger partial charge in [-0.25, -0.2) is 4.79 Å². The summed E-state index contributed by atoms with van der Waals surface area (Å²) in [6.07, 6.45) is 0. The van der Waals surface area contributed by atoms with Crippen molar-refractivity contribution in [3.05, 3.63) is 35.9 Å². The first kappa shape index (κ1) is 9.20. The predicted octanol–water partition coefficient (Wildman–Crippen LogP) is 1.18. The number of rotatable bonds is 1. The van der Waals surface area contributed by atoms with E-state index < -0.39 is 5.97 Å². The number of carbonyl (C=O) groups is 1. The van der Waals surface area contributed by atoms with Crippen molar-refractivity contribution in [3.8, 4) is 0 Å². The van der Waals surface area contributed by atoms with Gasteiger partial charge in [-0.15, -0.1) is 0 Å². The van der Waals surface area contributed by atoms with Crippen molar-refractivity contribution >= 4 is 5.97 Å². The Morgan fingerprint density at radius 2 is 1.90 bits per heavy atom. The Balaban J connectivity index is 0.000000810. The molecule has 0 aromatic heterocycles. The average Bonchev–Trinajstić information content (AvgIpc) is 1.90. The van der Waals surface area contributed by atoms with Crippen molar-refractivity contribution in [2.45, 2.75) is 0 Å². The molecule has 0 saturated heterocycles. The molecule has 0 saturated carbocycles. The molecule has 10 heavy (non-hydrogen) atoms. The van der Waals surface area contributed by atoms with E-state index in [2.05, 4.69) is 6.07 Å². The van der Waals surface area contributed by atoms with Gasteiger partial charge in [0.25, 0.3) is 0 Å². The minimum Gasteiger partial charge on any atom is -0.478 e. The quantitative estimate of drug-likeness (QED) is 0.704. The summed E-state index contributed by atoms with van der Waals surface area (Å²) >= 11 is 0. The molecule has 0 atom stereocenters. The van der Waals surface area contributed by atoms with Gasteiger partial charge in [0.05, 0.1) is 5.56 Å². The van der Waals surface area contributed by atoms with E-state index in [1.54, 1.807) is 12.1 Å². The zero-order valence-corrected chi connectivity index (χ0v) is 6.04. The molecule has 1 aromatic rings. The van der Waals surface area contributed by atoms with Gasteiger partial charge < -0.3 is 5.11 Å². The summed E-state index contributed by atoms with van der Waals surface area (Å²) in [5, 5.41) is 8.37. The van der Waals surface area contributed by atoms with Crippen molar-refractivity contribution in [1.82, 2.24) is 0 Å². The van der Waals surface area contributed by atoms with Crippen molar-refractivity contribution in [1.29, 1.82) is 0 Å². The van der Waals surface area contributed by atoms with Gasteiger partial charge in [0.2, 0.25) is 0 Å². The third kappa shape index (κ3) is 2.20. The molecule has 0 amide bonds. The molecular formula is C7H5CoO2. The van der Waals surface area contributed by atoms with Crippen molar-refractivity contribution in [2.24, 2.45) is 0 Å². The van der Waals surface area contributed by atoms with Crippen LogP contribution >= 0.6 is 0 Å². The first-order valence-electron chi connectivity index (χ1n) is 2.50. The van der Waals surface area contributed by atoms with E-state index in [1.807, 2.05) is 0 Å². The molecular weight excluding hydrogens is 175 g/mol. The number of hydrogen-bond acceptors (Lipinski definition) is 1. The molecule has 2 nitrogen and oxygen atoms in total. The maximum absolute atomic E-state index is 10.2.